The highest BCUT2D eigenvalue weighted by molar-refractivity contribution is 5.76. The van der Waals surface area contributed by atoms with Crippen molar-refractivity contribution in [2.45, 2.75) is 98.2 Å². The fraction of sp³-hybridized carbons (Fsp3) is 0.900. The lowest BCUT2D eigenvalue weighted by Gasteiger charge is -2.71. The Labute approximate surface area is 216 Å². The van der Waals surface area contributed by atoms with E-state index in [0.717, 1.165) is 38.5 Å². The van der Waals surface area contributed by atoms with Crippen LogP contribution in [0.3, 0.4) is 0 Å². The maximum atomic E-state index is 12.8. The first kappa shape index (κ1) is 26.6. The van der Waals surface area contributed by atoms with Crippen molar-refractivity contribution < 1.29 is 30.3 Å². The lowest BCUT2D eigenvalue weighted by molar-refractivity contribution is -0.257. The van der Waals surface area contributed by atoms with Crippen LogP contribution in [0.25, 0.3) is 0 Å². The smallest absolute Gasteiger partial charge is 0.310 e. The summed E-state index contributed by atoms with van der Waals surface area (Å²) in [6.45, 7) is 10.8. The van der Waals surface area contributed by atoms with Gasteiger partial charge in [0.2, 0.25) is 0 Å². The Bertz CT molecular complexity index is 942. The SMILES string of the molecule is C[C@H]1[C@H](C)CC[C@]2(C(=O)O)CC[C@]3(C)C(=CC[C@@H]4[C@@]5(C)C[C@@H](O)[C@@H](O)C(CO)(CO)[C@@H]5CC[C@]43C)[C@H]12. The van der Waals surface area contributed by atoms with Crippen LogP contribution in [0.5, 0.6) is 0 Å². The van der Waals surface area contributed by atoms with Gasteiger partial charge in [-0.05, 0) is 97.2 Å². The average molecular weight is 505 g/mol. The molecule has 36 heavy (non-hydrogen) atoms. The molecule has 0 spiro atoms. The van der Waals surface area contributed by atoms with Gasteiger partial charge in [0.15, 0.2) is 0 Å². The third-order valence-corrected chi connectivity index (χ3v) is 13.6. The van der Waals surface area contributed by atoms with E-state index in [1.54, 1.807) is 0 Å². The molecule has 6 heteroatoms. The Morgan fingerprint density at radius 1 is 0.972 bits per heavy atom. The van der Waals surface area contributed by atoms with Crippen molar-refractivity contribution in [3.8, 4) is 0 Å². The summed E-state index contributed by atoms with van der Waals surface area (Å²) in [5.41, 5.74) is -1.00. The van der Waals surface area contributed by atoms with Crippen LogP contribution in [0, 0.1) is 56.7 Å². The van der Waals surface area contributed by atoms with Crippen LogP contribution >= 0.6 is 0 Å². The van der Waals surface area contributed by atoms with E-state index in [2.05, 4.69) is 40.7 Å². The number of fused-ring (bicyclic) bond motifs is 7. The lowest BCUT2D eigenvalue weighted by atomic mass is 9.33. The molecule has 0 saturated heterocycles. The molecule has 0 aromatic heterocycles. The summed E-state index contributed by atoms with van der Waals surface area (Å²) < 4.78 is 0. The number of aliphatic carboxylic acids is 1. The number of carboxylic acids is 1. The molecule has 5 rings (SSSR count). The number of carbonyl (C=O) groups is 1. The second-order valence-electron chi connectivity index (χ2n) is 14.4. The highest BCUT2D eigenvalue weighted by atomic mass is 16.4. The van der Waals surface area contributed by atoms with E-state index in [-0.39, 0.29) is 47.2 Å². The molecule has 0 radical (unpaired) electrons. The van der Waals surface area contributed by atoms with E-state index in [9.17, 15) is 30.3 Å². The van der Waals surface area contributed by atoms with Gasteiger partial charge in [-0.3, -0.25) is 4.79 Å². The van der Waals surface area contributed by atoms with Gasteiger partial charge in [0.25, 0.3) is 0 Å². The van der Waals surface area contributed by atoms with Gasteiger partial charge >= 0.3 is 5.97 Å². The minimum atomic E-state index is -1.14. The fourth-order valence-corrected chi connectivity index (χ4v) is 11.1. The van der Waals surface area contributed by atoms with Gasteiger partial charge in [-0.25, -0.2) is 0 Å². The van der Waals surface area contributed by atoms with E-state index in [0.29, 0.717) is 24.7 Å². The summed E-state index contributed by atoms with van der Waals surface area (Å²) in [5.74, 6) is 0.354. The van der Waals surface area contributed by atoms with Crippen molar-refractivity contribution in [1.82, 2.24) is 0 Å². The van der Waals surface area contributed by atoms with E-state index in [1.807, 2.05) is 0 Å². The molecule has 204 valence electrons. The van der Waals surface area contributed by atoms with Crippen molar-refractivity contribution in [3.05, 3.63) is 11.6 Å². The van der Waals surface area contributed by atoms with E-state index in [1.165, 1.54) is 5.57 Å². The fourth-order valence-electron chi connectivity index (χ4n) is 11.1. The highest BCUT2D eigenvalue weighted by Crippen LogP contribution is 2.75. The molecule has 4 saturated carbocycles. The molecule has 0 aromatic rings. The van der Waals surface area contributed by atoms with Gasteiger partial charge in [0, 0.05) is 5.41 Å². The molecule has 5 aliphatic carbocycles. The van der Waals surface area contributed by atoms with Gasteiger partial charge in [-0.2, -0.15) is 0 Å². The zero-order chi connectivity index (χ0) is 26.5. The van der Waals surface area contributed by atoms with Crippen molar-refractivity contribution in [2.24, 2.45) is 56.7 Å². The predicted octanol–water partition coefficient (Wildman–Crippen LogP) is 4.01. The molecule has 0 heterocycles. The Hall–Kier alpha value is -0.950. The average Bonchev–Trinajstić information content (AvgIpc) is 2.83. The van der Waals surface area contributed by atoms with Crippen LogP contribution < -0.4 is 0 Å². The molecule has 5 N–H and O–H groups in total. The van der Waals surface area contributed by atoms with Crippen molar-refractivity contribution in [3.63, 3.8) is 0 Å². The van der Waals surface area contributed by atoms with Gasteiger partial charge < -0.3 is 25.5 Å². The first-order chi connectivity index (χ1) is 16.8. The van der Waals surface area contributed by atoms with Crippen LogP contribution in [-0.4, -0.2) is 56.9 Å². The Morgan fingerprint density at radius 2 is 1.64 bits per heavy atom. The van der Waals surface area contributed by atoms with Crippen LogP contribution in [-0.2, 0) is 4.79 Å². The maximum absolute atomic E-state index is 12.8. The summed E-state index contributed by atoms with van der Waals surface area (Å²) in [6, 6.07) is 0. The molecular weight excluding hydrogens is 456 g/mol. The second kappa shape index (κ2) is 8.27. The number of hydrogen-bond donors (Lipinski definition) is 5. The van der Waals surface area contributed by atoms with E-state index >= 15 is 0 Å². The summed E-state index contributed by atoms with van der Waals surface area (Å²) >= 11 is 0. The Kier molecular flexibility index (Phi) is 6.12. The van der Waals surface area contributed by atoms with Crippen LogP contribution in [0.1, 0.15) is 86.0 Å². The van der Waals surface area contributed by atoms with Gasteiger partial charge in [0.05, 0.1) is 30.8 Å². The minimum Gasteiger partial charge on any atom is -0.481 e. The van der Waals surface area contributed by atoms with Crippen molar-refractivity contribution in [1.29, 1.82) is 0 Å². The molecular formula is C30H48O6. The van der Waals surface area contributed by atoms with Crippen molar-refractivity contribution in [2.75, 3.05) is 13.2 Å². The standard InChI is InChI=1S/C30H48O6/c1-17-8-11-29(25(35)36)13-12-27(4)19(23(29)18(17)2)6-7-21-26(3)14-20(33)24(34)30(15-31,16-32)22(26)9-10-28(21,27)5/h6,17-18,20-24,31-34H,7-16H2,1-5H3,(H,35,36)/t17-,18+,20-,21-,22-,23+,24-,26-,27-,28-,29+/m1/s1. The van der Waals surface area contributed by atoms with Gasteiger partial charge in [0.1, 0.15) is 0 Å². The first-order valence-corrected chi connectivity index (χ1v) is 14.3. The summed E-state index contributed by atoms with van der Waals surface area (Å²) in [5, 5.41) is 53.4. The van der Waals surface area contributed by atoms with E-state index in [4.69, 9.17) is 0 Å². The topological polar surface area (TPSA) is 118 Å². The number of allylic oxidation sites excluding steroid dienone is 2. The predicted molar refractivity (Wildman–Crippen MR) is 137 cm³/mol. The molecule has 11 atom stereocenters. The maximum Gasteiger partial charge on any atom is 0.310 e. The Balaban J connectivity index is 1.63. The quantitative estimate of drug-likeness (QED) is 0.371. The second-order valence-corrected chi connectivity index (χ2v) is 14.4. The Morgan fingerprint density at radius 3 is 2.25 bits per heavy atom. The minimum absolute atomic E-state index is 0.0496. The number of hydrogen-bond acceptors (Lipinski definition) is 5. The molecule has 0 unspecified atom stereocenters. The van der Waals surface area contributed by atoms with Crippen LogP contribution in [0.15, 0.2) is 11.6 Å². The number of aliphatic hydroxyl groups is 4. The molecule has 4 fully saturated rings. The molecule has 0 aromatic carbocycles. The summed E-state index contributed by atoms with van der Waals surface area (Å²) in [6.07, 6.45) is 6.49. The third-order valence-electron chi connectivity index (χ3n) is 13.6. The number of aliphatic hydroxyl groups excluding tert-OH is 4. The molecule has 0 aliphatic heterocycles. The largest absolute Gasteiger partial charge is 0.481 e. The molecule has 6 nitrogen and oxygen atoms in total. The van der Waals surface area contributed by atoms with Crippen molar-refractivity contribution >= 4 is 5.97 Å². The zero-order valence-corrected chi connectivity index (χ0v) is 22.8. The summed E-state index contributed by atoms with van der Waals surface area (Å²) in [7, 11) is 0. The highest BCUT2D eigenvalue weighted by Gasteiger charge is 2.71. The van der Waals surface area contributed by atoms with Gasteiger partial charge in [-0.1, -0.05) is 46.3 Å². The normalized spacial score (nSPS) is 53.8. The molecule has 0 amide bonds. The number of rotatable bonds is 3. The molecule has 5 aliphatic rings. The van der Waals surface area contributed by atoms with Crippen LogP contribution in [0.2, 0.25) is 0 Å². The monoisotopic (exact) mass is 504 g/mol. The summed E-state index contributed by atoms with van der Waals surface area (Å²) in [4.78, 5) is 12.8. The third kappa shape index (κ3) is 2.96. The molecule has 0 bridgehead atoms. The van der Waals surface area contributed by atoms with E-state index < -0.39 is 29.0 Å². The first-order valence-electron chi connectivity index (χ1n) is 14.3. The zero-order valence-electron chi connectivity index (χ0n) is 22.8. The lowest BCUT2D eigenvalue weighted by Crippen LogP contribution is -2.69. The van der Waals surface area contributed by atoms with Gasteiger partial charge in [-0.15, -0.1) is 0 Å². The van der Waals surface area contributed by atoms with Crippen LogP contribution in [0.4, 0.5) is 0 Å². The number of carboxylic acid groups (broad SMARTS) is 1.